The fourth-order valence-electron chi connectivity index (χ4n) is 3.55. The van der Waals surface area contributed by atoms with Gasteiger partial charge in [0.15, 0.2) is 0 Å². The summed E-state index contributed by atoms with van der Waals surface area (Å²) in [6.45, 7) is 2.06. The van der Waals surface area contributed by atoms with E-state index in [1.165, 1.54) is 12.1 Å². The predicted octanol–water partition coefficient (Wildman–Crippen LogP) is 5.59. The fourth-order valence-corrected chi connectivity index (χ4v) is 3.95. The van der Waals surface area contributed by atoms with Crippen molar-refractivity contribution < 1.29 is 23.9 Å². The Kier molecular flexibility index (Phi) is 7.91. The average molecular weight is 538 g/mol. The number of hydrogen-bond acceptors (Lipinski definition) is 6. The van der Waals surface area contributed by atoms with Gasteiger partial charge in [0.1, 0.15) is 10.7 Å². The SMILES string of the molecule is CCCOC(=O)c1ccccc1N1C(=O)C(Cl)=C(Nc2ccc(C(=O)Nc3ccccc3Cl)cc2)C1=O. The van der Waals surface area contributed by atoms with Gasteiger partial charge in [-0.25, -0.2) is 9.69 Å². The number of esters is 1. The van der Waals surface area contributed by atoms with Gasteiger partial charge in [-0.3, -0.25) is 14.4 Å². The third kappa shape index (κ3) is 5.50. The Balaban J connectivity index is 1.51. The van der Waals surface area contributed by atoms with E-state index in [2.05, 4.69) is 10.6 Å². The molecule has 1 aliphatic rings. The number of benzene rings is 3. The monoisotopic (exact) mass is 537 g/mol. The molecule has 0 aromatic heterocycles. The molecule has 0 bridgehead atoms. The van der Waals surface area contributed by atoms with Gasteiger partial charge in [0.25, 0.3) is 17.7 Å². The van der Waals surface area contributed by atoms with E-state index in [9.17, 15) is 19.2 Å². The lowest BCUT2D eigenvalue weighted by molar-refractivity contribution is -0.120. The number of anilines is 3. The van der Waals surface area contributed by atoms with Crippen molar-refractivity contribution in [1.29, 1.82) is 0 Å². The summed E-state index contributed by atoms with van der Waals surface area (Å²) in [7, 11) is 0. The van der Waals surface area contributed by atoms with Gasteiger partial charge in [0, 0.05) is 11.3 Å². The summed E-state index contributed by atoms with van der Waals surface area (Å²) < 4.78 is 5.18. The molecule has 0 unspecified atom stereocenters. The number of carbonyl (C=O) groups excluding carboxylic acids is 4. The minimum atomic E-state index is -0.777. The number of imide groups is 1. The van der Waals surface area contributed by atoms with Crippen molar-refractivity contribution in [2.24, 2.45) is 0 Å². The summed E-state index contributed by atoms with van der Waals surface area (Å²) in [5.74, 6) is -2.53. The average Bonchev–Trinajstić information content (AvgIpc) is 3.11. The summed E-state index contributed by atoms with van der Waals surface area (Å²) in [5, 5.41) is 5.65. The molecular formula is C27H21Cl2N3O5. The molecule has 3 aromatic rings. The van der Waals surface area contributed by atoms with Gasteiger partial charge in [-0.2, -0.15) is 0 Å². The van der Waals surface area contributed by atoms with Crippen LogP contribution in [0.1, 0.15) is 34.1 Å². The van der Waals surface area contributed by atoms with E-state index in [1.807, 2.05) is 6.92 Å². The Hall–Kier alpha value is -4.14. The van der Waals surface area contributed by atoms with Gasteiger partial charge in [0.05, 0.1) is 28.6 Å². The summed E-state index contributed by atoms with van der Waals surface area (Å²) >= 11 is 12.3. The van der Waals surface area contributed by atoms with Gasteiger partial charge in [0.2, 0.25) is 0 Å². The Morgan fingerprint density at radius 3 is 2.27 bits per heavy atom. The van der Waals surface area contributed by atoms with Crippen LogP contribution in [0.4, 0.5) is 17.1 Å². The van der Waals surface area contributed by atoms with Crippen LogP contribution in [0.5, 0.6) is 0 Å². The summed E-state index contributed by atoms with van der Waals surface area (Å²) in [6.07, 6.45) is 0.622. The second-order valence-electron chi connectivity index (χ2n) is 7.92. The highest BCUT2D eigenvalue weighted by Gasteiger charge is 2.40. The molecule has 0 atom stereocenters. The molecule has 37 heavy (non-hydrogen) atoms. The smallest absolute Gasteiger partial charge is 0.340 e. The molecule has 3 amide bonds. The van der Waals surface area contributed by atoms with Crippen molar-refractivity contribution in [3.63, 3.8) is 0 Å². The van der Waals surface area contributed by atoms with Crippen LogP contribution in [-0.2, 0) is 14.3 Å². The van der Waals surface area contributed by atoms with E-state index < -0.39 is 17.8 Å². The third-order valence-corrected chi connectivity index (χ3v) is 6.05. The van der Waals surface area contributed by atoms with Crippen LogP contribution in [0.25, 0.3) is 0 Å². The van der Waals surface area contributed by atoms with Crippen LogP contribution in [0.2, 0.25) is 5.02 Å². The zero-order chi connectivity index (χ0) is 26.5. The molecular weight excluding hydrogens is 517 g/mol. The van der Waals surface area contributed by atoms with Crippen LogP contribution in [0.15, 0.2) is 83.5 Å². The lowest BCUT2D eigenvalue weighted by Crippen LogP contribution is -2.33. The van der Waals surface area contributed by atoms with Crippen LogP contribution in [-0.4, -0.2) is 30.3 Å². The van der Waals surface area contributed by atoms with E-state index in [4.69, 9.17) is 27.9 Å². The summed E-state index contributed by atoms with van der Waals surface area (Å²) in [5.41, 5.74) is 1.22. The topological polar surface area (TPSA) is 105 Å². The molecule has 0 saturated heterocycles. The highest BCUT2D eigenvalue weighted by atomic mass is 35.5. The quantitative estimate of drug-likeness (QED) is 0.286. The number of rotatable bonds is 8. The maximum absolute atomic E-state index is 13.2. The number of para-hydroxylation sites is 2. The first-order valence-corrected chi connectivity index (χ1v) is 12.0. The van der Waals surface area contributed by atoms with Crippen LogP contribution in [0, 0.1) is 0 Å². The fraction of sp³-hybridized carbons (Fsp3) is 0.111. The second kappa shape index (κ2) is 11.3. The first kappa shape index (κ1) is 25.9. The molecule has 2 N–H and O–H groups in total. The van der Waals surface area contributed by atoms with Crippen molar-refractivity contribution in [3.05, 3.63) is 99.7 Å². The number of carbonyl (C=O) groups is 4. The van der Waals surface area contributed by atoms with Crippen molar-refractivity contribution >= 4 is 64.0 Å². The zero-order valence-corrected chi connectivity index (χ0v) is 21.1. The standard InChI is InChI=1S/C27H21Cl2N3O5/c1-2-15-37-27(36)18-7-3-6-10-21(18)32-25(34)22(29)23(26(32)35)30-17-13-11-16(12-14-17)24(33)31-20-9-5-4-8-19(20)28/h3-14,30H,2,15H2,1H3,(H,31,33). The van der Waals surface area contributed by atoms with Crippen LogP contribution < -0.4 is 15.5 Å². The third-order valence-electron chi connectivity index (χ3n) is 5.37. The van der Waals surface area contributed by atoms with E-state index >= 15 is 0 Å². The Labute approximate surface area is 222 Å². The number of amides is 3. The van der Waals surface area contributed by atoms with Crippen LogP contribution in [0.3, 0.4) is 0 Å². The van der Waals surface area contributed by atoms with E-state index in [0.29, 0.717) is 28.4 Å². The first-order valence-electron chi connectivity index (χ1n) is 11.3. The van der Waals surface area contributed by atoms with Gasteiger partial charge in [-0.05, 0) is 55.0 Å². The largest absolute Gasteiger partial charge is 0.462 e. The molecule has 1 heterocycles. The molecule has 8 nitrogen and oxygen atoms in total. The Morgan fingerprint density at radius 2 is 1.57 bits per heavy atom. The molecule has 1 aliphatic heterocycles. The van der Waals surface area contributed by atoms with Crippen molar-refractivity contribution in [1.82, 2.24) is 0 Å². The van der Waals surface area contributed by atoms with Gasteiger partial charge in [-0.15, -0.1) is 0 Å². The molecule has 0 fully saturated rings. The number of hydrogen-bond donors (Lipinski definition) is 2. The molecule has 0 aliphatic carbocycles. The highest BCUT2D eigenvalue weighted by molar-refractivity contribution is 6.53. The molecule has 3 aromatic carbocycles. The lowest BCUT2D eigenvalue weighted by Gasteiger charge is -2.18. The minimum Gasteiger partial charge on any atom is -0.462 e. The maximum atomic E-state index is 13.2. The Morgan fingerprint density at radius 1 is 0.892 bits per heavy atom. The molecule has 10 heteroatoms. The zero-order valence-electron chi connectivity index (χ0n) is 19.6. The number of nitrogens with zero attached hydrogens (tertiary/aromatic N) is 1. The highest BCUT2D eigenvalue weighted by Crippen LogP contribution is 2.32. The normalized spacial score (nSPS) is 13.1. The summed E-state index contributed by atoms with van der Waals surface area (Å²) in [6, 6.07) is 19.2. The number of ether oxygens (including phenoxy) is 1. The van der Waals surface area contributed by atoms with Crippen molar-refractivity contribution in [2.45, 2.75) is 13.3 Å². The van der Waals surface area contributed by atoms with Crippen molar-refractivity contribution in [2.75, 3.05) is 22.1 Å². The molecule has 4 rings (SSSR count). The van der Waals surface area contributed by atoms with E-state index in [0.717, 1.165) is 4.90 Å². The minimum absolute atomic E-state index is 0.0669. The molecule has 0 radical (unpaired) electrons. The molecule has 188 valence electrons. The first-order chi connectivity index (χ1) is 17.8. The number of halogens is 2. The predicted molar refractivity (Wildman–Crippen MR) is 142 cm³/mol. The van der Waals surface area contributed by atoms with E-state index in [1.54, 1.807) is 60.7 Å². The van der Waals surface area contributed by atoms with Crippen molar-refractivity contribution in [3.8, 4) is 0 Å². The lowest BCUT2D eigenvalue weighted by atomic mass is 10.1. The maximum Gasteiger partial charge on any atom is 0.340 e. The Bertz CT molecular complexity index is 1420. The summed E-state index contributed by atoms with van der Waals surface area (Å²) in [4.78, 5) is 52.0. The van der Waals surface area contributed by atoms with Gasteiger partial charge in [-0.1, -0.05) is 54.4 Å². The number of nitrogens with one attached hydrogen (secondary N) is 2. The van der Waals surface area contributed by atoms with E-state index in [-0.39, 0.29) is 34.5 Å². The molecule has 0 saturated carbocycles. The van der Waals surface area contributed by atoms with Gasteiger partial charge < -0.3 is 15.4 Å². The second-order valence-corrected chi connectivity index (χ2v) is 8.71. The molecule has 0 spiro atoms. The van der Waals surface area contributed by atoms with Crippen LogP contribution >= 0.6 is 23.2 Å². The van der Waals surface area contributed by atoms with Gasteiger partial charge >= 0.3 is 5.97 Å².